The average Bonchev–Trinajstić information content (AvgIpc) is 3.05. The number of hydrogen-bond acceptors (Lipinski definition) is 8. The summed E-state index contributed by atoms with van der Waals surface area (Å²) in [6, 6.07) is 9.59. The van der Waals surface area contributed by atoms with E-state index in [0.717, 1.165) is 0 Å². The van der Waals surface area contributed by atoms with Crippen molar-refractivity contribution in [1.29, 1.82) is 0 Å². The summed E-state index contributed by atoms with van der Waals surface area (Å²) >= 11 is 13.7. The Morgan fingerprint density at radius 2 is 1.70 bits per heavy atom. The van der Waals surface area contributed by atoms with Crippen LogP contribution in [0.2, 0.25) is 10.0 Å². The van der Waals surface area contributed by atoms with Gasteiger partial charge in [-0.15, -0.1) is 0 Å². The van der Waals surface area contributed by atoms with Crippen molar-refractivity contribution in [2.75, 3.05) is 10.6 Å². The summed E-state index contributed by atoms with van der Waals surface area (Å²) in [5, 5.41) is 26.7. The standard InChI is InChI=1S/C17H11Cl2N5O2S/c18-9-2-1-3-10(19)13(9)23-17-24-14-15(20-7-21-16(14)27-17)22-8-4-5-11(25)12(26)6-8/h1-7,25-26H,(H,23,24)(H,20,21,22). The number of hydrogen-bond donors (Lipinski definition) is 4. The minimum atomic E-state index is -0.237. The first-order chi connectivity index (χ1) is 13.0. The Hall–Kier alpha value is -2.81. The molecule has 0 radical (unpaired) electrons. The second kappa shape index (κ2) is 7.07. The quantitative estimate of drug-likeness (QED) is 0.263. The maximum atomic E-state index is 9.64. The molecule has 27 heavy (non-hydrogen) atoms. The molecule has 0 aliphatic carbocycles. The first kappa shape index (κ1) is 17.6. The summed E-state index contributed by atoms with van der Waals surface area (Å²) in [5.41, 5.74) is 1.65. The molecule has 136 valence electrons. The van der Waals surface area contributed by atoms with E-state index in [1.807, 2.05) is 0 Å². The van der Waals surface area contributed by atoms with Crippen LogP contribution in [-0.2, 0) is 0 Å². The minimum absolute atomic E-state index is 0.204. The summed E-state index contributed by atoms with van der Waals surface area (Å²) in [5.74, 6) is 0.0177. The number of phenolic OH excluding ortho intramolecular Hbond substituents is 2. The number of halogens is 2. The number of fused-ring (bicyclic) bond motifs is 1. The van der Waals surface area contributed by atoms with Gasteiger partial charge in [-0.2, -0.15) is 0 Å². The van der Waals surface area contributed by atoms with Gasteiger partial charge in [0.05, 0.1) is 15.7 Å². The molecule has 4 N–H and O–H groups in total. The molecule has 0 aliphatic heterocycles. The first-order valence-corrected chi connectivity index (χ1v) is 9.20. The third kappa shape index (κ3) is 3.55. The lowest BCUT2D eigenvalue weighted by Crippen LogP contribution is -1.96. The molecule has 0 atom stereocenters. The maximum Gasteiger partial charge on any atom is 0.190 e. The zero-order chi connectivity index (χ0) is 19.0. The fourth-order valence-corrected chi connectivity index (χ4v) is 3.66. The van der Waals surface area contributed by atoms with Gasteiger partial charge in [0, 0.05) is 11.8 Å². The second-order valence-corrected chi connectivity index (χ2v) is 7.24. The number of anilines is 4. The van der Waals surface area contributed by atoms with Gasteiger partial charge in [-0.1, -0.05) is 40.6 Å². The molecule has 2 aromatic heterocycles. The summed E-state index contributed by atoms with van der Waals surface area (Å²) in [4.78, 5) is 13.6. The molecule has 4 rings (SSSR count). The third-order valence-corrected chi connectivity index (χ3v) is 5.14. The number of rotatable bonds is 4. The van der Waals surface area contributed by atoms with Gasteiger partial charge in [-0.3, -0.25) is 0 Å². The third-order valence-electron chi connectivity index (χ3n) is 3.63. The molecule has 7 nitrogen and oxygen atoms in total. The van der Waals surface area contributed by atoms with Crippen LogP contribution in [0, 0.1) is 0 Å². The van der Waals surface area contributed by atoms with Crippen LogP contribution in [0.4, 0.5) is 22.3 Å². The van der Waals surface area contributed by atoms with Crippen molar-refractivity contribution >= 4 is 67.2 Å². The Kier molecular flexibility index (Phi) is 4.61. The monoisotopic (exact) mass is 419 g/mol. The van der Waals surface area contributed by atoms with Gasteiger partial charge in [-0.05, 0) is 24.3 Å². The van der Waals surface area contributed by atoms with Crippen molar-refractivity contribution in [3.63, 3.8) is 0 Å². The average molecular weight is 420 g/mol. The highest BCUT2D eigenvalue weighted by Gasteiger charge is 2.14. The number of para-hydroxylation sites is 1. The zero-order valence-electron chi connectivity index (χ0n) is 13.4. The maximum absolute atomic E-state index is 9.64. The summed E-state index contributed by atoms with van der Waals surface area (Å²) < 4.78 is 0. The number of thiazole rings is 1. The number of nitrogens with zero attached hydrogens (tertiary/aromatic N) is 3. The molecular weight excluding hydrogens is 409 g/mol. The van der Waals surface area contributed by atoms with Gasteiger partial charge in [-0.25, -0.2) is 15.0 Å². The Balaban J connectivity index is 1.68. The van der Waals surface area contributed by atoms with E-state index in [4.69, 9.17) is 23.2 Å². The van der Waals surface area contributed by atoms with E-state index in [0.29, 0.717) is 42.7 Å². The fourth-order valence-electron chi connectivity index (χ4n) is 2.36. The molecule has 10 heteroatoms. The Bertz CT molecular complexity index is 1130. The van der Waals surface area contributed by atoms with Gasteiger partial charge in [0.2, 0.25) is 0 Å². The van der Waals surface area contributed by atoms with E-state index < -0.39 is 0 Å². The van der Waals surface area contributed by atoms with Crippen molar-refractivity contribution in [2.24, 2.45) is 0 Å². The molecule has 2 aromatic carbocycles. The van der Waals surface area contributed by atoms with Crippen molar-refractivity contribution in [2.45, 2.75) is 0 Å². The number of aromatic nitrogens is 3. The van der Waals surface area contributed by atoms with E-state index in [2.05, 4.69) is 25.6 Å². The van der Waals surface area contributed by atoms with Crippen LogP contribution < -0.4 is 10.6 Å². The predicted octanol–water partition coefficient (Wildman–Crippen LogP) is 5.29. The molecule has 0 unspecified atom stereocenters. The normalized spacial score (nSPS) is 10.9. The van der Waals surface area contributed by atoms with Crippen LogP contribution in [0.1, 0.15) is 0 Å². The lowest BCUT2D eigenvalue weighted by molar-refractivity contribution is 0.404. The largest absolute Gasteiger partial charge is 0.504 e. The number of phenols is 2. The van der Waals surface area contributed by atoms with Gasteiger partial charge >= 0.3 is 0 Å². The van der Waals surface area contributed by atoms with Crippen molar-refractivity contribution in [1.82, 2.24) is 15.0 Å². The van der Waals surface area contributed by atoms with Crippen LogP contribution in [0.3, 0.4) is 0 Å². The Morgan fingerprint density at radius 3 is 2.44 bits per heavy atom. The molecule has 2 heterocycles. The van der Waals surface area contributed by atoms with E-state index in [1.54, 1.807) is 24.3 Å². The van der Waals surface area contributed by atoms with Gasteiger partial charge in [0.15, 0.2) is 27.3 Å². The van der Waals surface area contributed by atoms with Crippen molar-refractivity contribution < 1.29 is 10.2 Å². The van der Waals surface area contributed by atoms with Crippen LogP contribution in [0.5, 0.6) is 11.5 Å². The highest BCUT2D eigenvalue weighted by Crippen LogP contribution is 2.36. The van der Waals surface area contributed by atoms with Crippen LogP contribution in [-0.4, -0.2) is 25.2 Å². The zero-order valence-corrected chi connectivity index (χ0v) is 15.8. The number of benzene rings is 2. The summed E-state index contributed by atoms with van der Waals surface area (Å²) in [7, 11) is 0. The smallest absolute Gasteiger partial charge is 0.190 e. The lowest BCUT2D eigenvalue weighted by Gasteiger charge is -2.07. The molecule has 0 saturated carbocycles. The van der Waals surface area contributed by atoms with E-state index in [9.17, 15) is 10.2 Å². The van der Waals surface area contributed by atoms with Crippen LogP contribution >= 0.6 is 34.5 Å². The molecule has 0 saturated heterocycles. The number of aromatic hydroxyl groups is 2. The van der Waals surface area contributed by atoms with E-state index >= 15 is 0 Å². The first-order valence-electron chi connectivity index (χ1n) is 7.63. The van der Waals surface area contributed by atoms with Crippen LogP contribution in [0.25, 0.3) is 10.3 Å². The highest BCUT2D eigenvalue weighted by atomic mass is 35.5. The molecule has 0 amide bonds. The summed E-state index contributed by atoms with van der Waals surface area (Å²) in [6.07, 6.45) is 1.41. The second-order valence-electron chi connectivity index (χ2n) is 5.45. The minimum Gasteiger partial charge on any atom is -0.504 e. The molecule has 0 fully saturated rings. The summed E-state index contributed by atoms with van der Waals surface area (Å²) in [6.45, 7) is 0. The SMILES string of the molecule is Oc1ccc(Nc2ncnc3sc(Nc4c(Cl)cccc4Cl)nc23)cc1O. The molecular formula is C17H11Cl2N5O2S. The topological polar surface area (TPSA) is 103 Å². The molecule has 0 bridgehead atoms. The van der Waals surface area contributed by atoms with Crippen molar-refractivity contribution in [3.05, 3.63) is 52.8 Å². The van der Waals surface area contributed by atoms with Gasteiger partial charge in [0.1, 0.15) is 11.8 Å². The molecule has 4 aromatic rings. The lowest BCUT2D eigenvalue weighted by atomic mass is 10.3. The van der Waals surface area contributed by atoms with E-state index in [1.165, 1.54) is 29.8 Å². The molecule has 0 aliphatic rings. The Morgan fingerprint density at radius 1 is 0.926 bits per heavy atom. The number of nitrogens with one attached hydrogen (secondary N) is 2. The highest BCUT2D eigenvalue weighted by molar-refractivity contribution is 7.21. The predicted molar refractivity (Wildman–Crippen MR) is 108 cm³/mol. The molecule has 0 spiro atoms. The Labute approximate surface area is 167 Å². The van der Waals surface area contributed by atoms with E-state index in [-0.39, 0.29) is 11.5 Å². The fraction of sp³-hybridized carbons (Fsp3) is 0. The van der Waals surface area contributed by atoms with Gasteiger partial charge in [0.25, 0.3) is 0 Å². The van der Waals surface area contributed by atoms with Gasteiger partial charge < -0.3 is 20.8 Å². The van der Waals surface area contributed by atoms with Crippen LogP contribution in [0.15, 0.2) is 42.7 Å². The van der Waals surface area contributed by atoms with Crippen molar-refractivity contribution in [3.8, 4) is 11.5 Å².